The van der Waals surface area contributed by atoms with Crippen LogP contribution < -0.4 is 5.32 Å². The van der Waals surface area contributed by atoms with E-state index in [1.54, 1.807) is 36.8 Å². The molecule has 0 unspecified atom stereocenters. The lowest BCUT2D eigenvalue weighted by atomic mass is 10.3. The van der Waals surface area contributed by atoms with E-state index in [0.717, 1.165) is 11.5 Å². The molecule has 1 amide bonds. The molecule has 10 heteroatoms. The summed E-state index contributed by atoms with van der Waals surface area (Å²) in [5.41, 5.74) is 0.520. The molecule has 32 heavy (non-hydrogen) atoms. The van der Waals surface area contributed by atoms with Crippen LogP contribution in [-0.4, -0.2) is 56.4 Å². The number of hydrogen-bond acceptors (Lipinski definition) is 7. The summed E-state index contributed by atoms with van der Waals surface area (Å²) >= 11 is 0. The molecule has 1 N–H and O–H groups in total. The third kappa shape index (κ3) is 5.65. The largest absolute Gasteiger partial charge is 0.468 e. The number of nitrogens with zero attached hydrogens (tertiary/aromatic N) is 2. The van der Waals surface area contributed by atoms with Crippen LogP contribution in [0, 0.1) is 0 Å². The molecule has 1 aromatic carbocycles. The molecule has 1 aliphatic rings. The van der Waals surface area contributed by atoms with Gasteiger partial charge in [-0.3, -0.25) is 9.69 Å². The van der Waals surface area contributed by atoms with Crippen molar-refractivity contribution >= 4 is 21.6 Å². The van der Waals surface area contributed by atoms with Crippen LogP contribution in [-0.2, 0) is 32.6 Å². The number of carbonyl (C=O) groups is 1. The number of anilines is 1. The summed E-state index contributed by atoms with van der Waals surface area (Å²) < 4.78 is 42.9. The second-order valence-electron chi connectivity index (χ2n) is 7.39. The average Bonchev–Trinajstić information content (AvgIpc) is 3.49. The first-order valence-electron chi connectivity index (χ1n) is 10.3. The maximum absolute atomic E-state index is 12.7. The predicted molar refractivity (Wildman–Crippen MR) is 116 cm³/mol. The predicted octanol–water partition coefficient (Wildman–Crippen LogP) is 2.53. The first kappa shape index (κ1) is 22.3. The summed E-state index contributed by atoms with van der Waals surface area (Å²) in [4.78, 5) is 14.7. The van der Waals surface area contributed by atoms with Crippen molar-refractivity contribution in [2.75, 3.05) is 38.2 Å². The van der Waals surface area contributed by atoms with Gasteiger partial charge in [0.1, 0.15) is 11.5 Å². The maximum atomic E-state index is 12.7. The minimum atomic E-state index is -3.57. The van der Waals surface area contributed by atoms with Gasteiger partial charge in [-0.15, -0.1) is 0 Å². The molecular formula is C22H25N3O6S. The first-order valence-corrected chi connectivity index (χ1v) is 11.7. The molecule has 2 aromatic heterocycles. The van der Waals surface area contributed by atoms with Crippen molar-refractivity contribution in [3.63, 3.8) is 0 Å². The lowest BCUT2D eigenvalue weighted by molar-refractivity contribution is -0.117. The Balaban J connectivity index is 1.38. The zero-order valence-corrected chi connectivity index (χ0v) is 18.3. The van der Waals surface area contributed by atoms with Gasteiger partial charge in [0.15, 0.2) is 0 Å². The van der Waals surface area contributed by atoms with Crippen molar-refractivity contribution in [1.29, 1.82) is 0 Å². The zero-order valence-electron chi connectivity index (χ0n) is 17.5. The van der Waals surface area contributed by atoms with E-state index in [1.807, 2.05) is 17.0 Å². The Kier molecular flexibility index (Phi) is 7.05. The van der Waals surface area contributed by atoms with Gasteiger partial charge in [-0.1, -0.05) is 0 Å². The number of ether oxygens (including phenoxy) is 1. The van der Waals surface area contributed by atoms with Crippen LogP contribution in [0.1, 0.15) is 11.5 Å². The van der Waals surface area contributed by atoms with Crippen LogP contribution in [0.15, 0.2) is 74.8 Å². The summed E-state index contributed by atoms with van der Waals surface area (Å²) in [7, 11) is -3.57. The number of nitrogens with one attached hydrogen (secondary N) is 1. The van der Waals surface area contributed by atoms with Gasteiger partial charge >= 0.3 is 0 Å². The third-order valence-corrected chi connectivity index (χ3v) is 6.95. The lowest BCUT2D eigenvalue weighted by Gasteiger charge is -2.26. The molecule has 0 aliphatic carbocycles. The molecule has 170 valence electrons. The van der Waals surface area contributed by atoms with E-state index < -0.39 is 10.0 Å². The average molecular weight is 460 g/mol. The van der Waals surface area contributed by atoms with Crippen molar-refractivity contribution < 1.29 is 26.8 Å². The van der Waals surface area contributed by atoms with Crippen molar-refractivity contribution in [2.45, 2.75) is 18.0 Å². The molecule has 0 spiro atoms. The second-order valence-corrected chi connectivity index (χ2v) is 9.33. The minimum absolute atomic E-state index is 0.106. The smallest absolute Gasteiger partial charge is 0.243 e. The van der Waals surface area contributed by atoms with Crippen molar-refractivity contribution in [3.05, 3.63) is 72.6 Å². The molecule has 3 aromatic rings. The summed E-state index contributed by atoms with van der Waals surface area (Å²) in [6.07, 6.45) is 3.18. The van der Waals surface area contributed by atoms with Gasteiger partial charge in [-0.25, -0.2) is 8.42 Å². The SMILES string of the molecule is O=C(CN(Cc1ccco1)Cc1ccco1)Nc1ccc(S(=O)(=O)N2CCOCC2)cc1. The number of hydrogen-bond donors (Lipinski definition) is 1. The number of morpholine rings is 1. The van der Waals surface area contributed by atoms with Crippen LogP contribution in [0.2, 0.25) is 0 Å². The molecule has 1 aliphatic heterocycles. The Hall–Kier alpha value is -2.92. The van der Waals surface area contributed by atoms with Gasteiger partial charge in [0, 0.05) is 18.8 Å². The van der Waals surface area contributed by atoms with Crippen LogP contribution >= 0.6 is 0 Å². The van der Waals surface area contributed by atoms with Gasteiger partial charge in [-0.05, 0) is 48.5 Å². The number of sulfonamides is 1. The monoisotopic (exact) mass is 459 g/mol. The molecule has 4 rings (SSSR count). The van der Waals surface area contributed by atoms with Gasteiger partial charge in [0.05, 0.1) is 50.3 Å². The Morgan fingerprint density at radius 1 is 0.938 bits per heavy atom. The highest BCUT2D eigenvalue weighted by Crippen LogP contribution is 2.20. The van der Waals surface area contributed by atoms with Crippen molar-refractivity contribution in [1.82, 2.24) is 9.21 Å². The van der Waals surface area contributed by atoms with Gasteiger partial charge in [0.25, 0.3) is 0 Å². The van der Waals surface area contributed by atoms with Crippen LogP contribution in [0.5, 0.6) is 0 Å². The number of carbonyl (C=O) groups excluding carboxylic acids is 1. The fourth-order valence-corrected chi connectivity index (χ4v) is 4.87. The fraction of sp³-hybridized carbons (Fsp3) is 0.318. The molecule has 0 radical (unpaired) electrons. The molecule has 9 nitrogen and oxygen atoms in total. The Morgan fingerprint density at radius 3 is 2.06 bits per heavy atom. The highest BCUT2D eigenvalue weighted by atomic mass is 32.2. The topological polar surface area (TPSA) is 105 Å². The van der Waals surface area contributed by atoms with Crippen molar-refractivity contribution in [3.8, 4) is 0 Å². The fourth-order valence-electron chi connectivity index (χ4n) is 3.46. The van der Waals surface area contributed by atoms with E-state index in [4.69, 9.17) is 13.6 Å². The van der Waals surface area contributed by atoms with E-state index in [2.05, 4.69) is 5.32 Å². The van der Waals surface area contributed by atoms with E-state index in [0.29, 0.717) is 45.1 Å². The highest BCUT2D eigenvalue weighted by molar-refractivity contribution is 7.89. The number of amides is 1. The number of benzene rings is 1. The molecule has 0 atom stereocenters. The lowest BCUT2D eigenvalue weighted by Crippen LogP contribution is -2.40. The van der Waals surface area contributed by atoms with E-state index in [1.165, 1.54) is 16.4 Å². The summed E-state index contributed by atoms with van der Waals surface area (Å²) in [5.74, 6) is 1.25. The standard InChI is InChI=1S/C22H25N3O6S/c26-22(17-24(15-19-3-1-11-30-19)16-20-4-2-12-31-20)23-18-5-7-21(8-6-18)32(27,28)25-9-13-29-14-10-25/h1-8,11-12H,9-10,13-17H2,(H,23,26). The Bertz CT molecular complexity index is 1050. The number of rotatable bonds is 9. The molecular weight excluding hydrogens is 434 g/mol. The van der Waals surface area contributed by atoms with E-state index >= 15 is 0 Å². The van der Waals surface area contributed by atoms with E-state index in [9.17, 15) is 13.2 Å². The summed E-state index contributed by atoms with van der Waals surface area (Å²) in [6, 6.07) is 13.5. The molecule has 1 fully saturated rings. The Labute approximate surface area is 186 Å². The second kappa shape index (κ2) is 10.1. The molecule has 0 saturated carbocycles. The van der Waals surface area contributed by atoms with Crippen LogP contribution in [0.4, 0.5) is 5.69 Å². The molecule has 1 saturated heterocycles. The van der Waals surface area contributed by atoms with E-state index in [-0.39, 0.29) is 17.3 Å². The molecule has 3 heterocycles. The third-order valence-electron chi connectivity index (χ3n) is 5.03. The zero-order chi connectivity index (χ0) is 22.4. The normalized spacial score (nSPS) is 15.2. The Morgan fingerprint density at radius 2 is 1.53 bits per heavy atom. The highest BCUT2D eigenvalue weighted by Gasteiger charge is 2.26. The van der Waals surface area contributed by atoms with Crippen molar-refractivity contribution in [2.24, 2.45) is 0 Å². The van der Waals surface area contributed by atoms with Gasteiger partial charge in [-0.2, -0.15) is 4.31 Å². The van der Waals surface area contributed by atoms with Crippen LogP contribution in [0.3, 0.4) is 0 Å². The quantitative estimate of drug-likeness (QED) is 0.524. The first-order chi connectivity index (χ1) is 15.5. The summed E-state index contributed by atoms with van der Waals surface area (Å²) in [6.45, 7) is 2.44. The van der Waals surface area contributed by atoms with Gasteiger partial charge in [0.2, 0.25) is 15.9 Å². The number of furan rings is 2. The maximum Gasteiger partial charge on any atom is 0.243 e. The summed E-state index contributed by atoms with van der Waals surface area (Å²) in [5, 5.41) is 2.82. The molecule has 0 bridgehead atoms. The van der Waals surface area contributed by atoms with Crippen LogP contribution in [0.25, 0.3) is 0 Å². The minimum Gasteiger partial charge on any atom is -0.468 e. The van der Waals surface area contributed by atoms with Gasteiger partial charge < -0.3 is 18.9 Å².